The van der Waals surface area contributed by atoms with E-state index < -0.39 is 6.10 Å². The zero-order chi connectivity index (χ0) is 18.6. The Bertz CT molecular complexity index is 885. The molecular formula is C22H25ClN2O2. The first-order valence-electron chi connectivity index (χ1n) is 9.72. The van der Waals surface area contributed by atoms with Crippen molar-refractivity contribution in [3.05, 3.63) is 59.4 Å². The molecule has 2 aromatic carbocycles. The Hall–Kier alpha value is -2.04. The second-order valence-electron chi connectivity index (χ2n) is 7.32. The highest BCUT2D eigenvalue weighted by atomic mass is 35.5. The largest absolute Gasteiger partial charge is 0.491 e. The predicted octanol–water partition coefficient (Wildman–Crippen LogP) is 5.18. The van der Waals surface area contributed by atoms with Crippen LogP contribution in [0.2, 0.25) is 5.02 Å². The van der Waals surface area contributed by atoms with Gasteiger partial charge in [0.05, 0.1) is 17.6 Å². The van der Waals surface area contributed by atoms with Crippen LogP contribution in [0.1, 0.15) is 43.8 Å². The van der Waals surface area contributed by atoms with Gasteiger partial charge in [-0.2, -0.15) is 0 Å². The highest BCUT2D eigenvalue weighted by molar-refractivity contribution is 6.30. The number of halogens is 1. The van der Waals surface area contributed by atoms with Crippen LogP contribution in [-0.2, 0) is 6.54 Å². The summed E-state index contributed by atoms with van der Waals surface area (Å²) in [5.41, 5.74) is 2.09. The first-order chi connectivity index (χ1) is 13.2. The van der Waals surface area contributed by atoms with Crippen LogP contribution in [0.5, 0.6) is 5.75 Å². The van der Waals surface area contributed by atoms with Gasteiger partial charge in [0, 0.05) is 10.9 Å². The van der Waals surface area contributed by atoms with Crippen molar-refractivity contribution in [1.82, 2.24) is 9.55 Å². The van der Waals surface area contributed by atoms with Crippen LogP contribution in [0.25, 0.3) is 11.0 Å². The standard InChI is InChI=1S/C22H25ClN2O2/c23-17-10-12-19(13-11-17)27-15-18(26)14-25-21-9-5-4-8-20(21)24-22(25)16-6-2-1-3-7-16/h4-5,8-13,16,18,26H,1-3,6-7,14-15H2. The number of para-hydroxylation sites is 2. The van der Waals surface area contributed by atoms with Crippen LogP contribution in [0.4, 0.5) is 0 Å². The molecule has 1 heterocycles. The summed E-state index contributed by atoms with van der Waals surface area (Å²) in [6.45, 7) is 0.720. The molecule has 1 N–H and O–H groups in total. The molecule has 0 aliphatic heterocycles. The number of fused-ring (bicyclic) bond motifs is 1. The number of hydrogen-bond acceptors (Lipinski definition) is 3. The van der Waals surface area contributed by atoms with E-state index in [0.717, 1.165) is 16.9 Å². The number of hydrogen-bond donors (Lipinski definition) is 1. The van der Waals surface area contributed by atoms with Crippen molar-refractivity contribution in [2.75, 3.05) is 6.61 Å². The predicted molar refractivity (Wildman–Crippen MR) is 109 cm³/mol. The summed E-state index contributed by atoms with van der Waals surface area (Å²) in [4.78, 5) is 4.91. The molecule has 5 heteroatoms. The van der Waals surface area contributed by atoms with Crippen molar-refractivity contribution in [3.63, 3.8) is 0 Å². The summed E-state index contributed by atoms with van der Waals surface area (Å²) >= 11 is 5.90. The lowest BCUT2D eigenvalue weighted by Crippen LogP contribution is -2.25. The molecule has 0 radical (unpaired) electrons. The number of aliphatic hydroxyl groups is 1. The van der Waals surface area contributed by atoms with E-state index in [-0.39, 0.29) is 6.61 Å². The average Bonchev–Trinajstić information content (AvgIpc) is 3.07. The lowest BCUT2D eigenvalue weighted by Gasteiger charge is -2.23. The van der Waals surface area contributed by atoms with E-state index in [1.165, 1.54) is 32.1 Å². The summed E-state index contributed by atoms with van der Waals surface area (Å²) in [5.74, 6) is 2.30. The Morgan fingerprint density at radius 1 is 1.07 bits per heavy atom. The molecule has 0 saturated heterocycles. The van der Waals surface area contributed by atoms with E-state index in [9.17, 15) is 5.11 Å². The van der Waals surface area contributed by atoms with Gasteiger partial charge in [-0.3, -0.25) is 0 Å². The van der Waals surface area contributed by atoms with Crippen molar-refractivity contribution >= 4 is 22.6 Å². The van der Waals surface area contributed by atoms with Crippen molar-refractivity contribution in [1.29, 1.82) is 0 Å². The molecule has 1 aromatic heterocycles. The summed E-state index contributed by atoms with van der Waals surface area (Å²) in [6, 6.07) is 15.4. The fourth-order valence-corrected chi connectivity index (χ4v) is 4.07. The number of aromatic nitrogens is 2. The highest BCUT2D eigenvalue weighted by Crippen LogP contribution is 2.34. The molecule has 1 atom stereocenters. The minimum absolute atomic E-state index is 0.234. The summed E-state index contributed by atoms with van der Waals surface area (Å²) < 4.78 is 7.92. The SMILES string of the molecule is OC(COc1ccc(Cl)cc1)Cn1c(C2CCCCC2)nc2ccccc21. The number of ether oxygens (including phenoxy) is 1. The zero-order valence-corrected chi connectivity index (χ0v) is 16.1. The fourth-order valence-electron chi connectivity index (χ4n) is 3.95. The van der Waals surface area contributed by atoms with Crippen LogP contribution in [-0.4, -0.2) is 27.4 Å². The van der Waals surface area contributed by atoms with Crippen LogP contribution in [0.3, 0.4) is 0 Å². The van der Waals surface area contributed by atoms with Crippen molar-refractivity contribution in [2.45, 2.75) is 50.7 Å². The Balaban J connectivity index is 1.51. The van der Waals surface area contributed by atoms with Crippen LogP contribution in [0, 0.1) is 0 Å². The van der Waals surface area contributed by atoms with E-state index in [4.69, 9.17) is 21.3 Å². The molecule has 3 aromatic rings. The molecule has 1 aliphatic rings. The van der Waals surface area contributed by atoms with Gasteiger partial charge >= 0.3 is 0 Å². The quantitative estimate of drug-likeness (QED) is 0.637. The Morgan fingerprint density at radius 3 is 2.59 bits per heavy atom. The molecule has 0 spiro atoms. The smallest absolute Gasteiger partial charge is 0.119 e. The van der Waals surface area contributed by atoms with E-state index in [0.29, 0.717) is 23.2 Å². The molecule has 4 rings (SSSR count). The third kappa shape index (κ3) is 4.28. The summed E-state index contributed by atoms with van der Waals surface area (Å²) in [7, 11) is 0. The number of nitrogens with zero attached hydrogens (tertiary/aromatic N) is 2. The topological polar surface area (TPSA) is 47.3 Å². The van der Waals surface area contributed by atoms with Crippen LogP contribution >= 0.6 is 11.6 Å². The maximum Gasteiger partial charge on any atom is 0.119 e. The molecule has 1 fully saturated rings. The van der Waals surface area contributed by atoms with Crippen LogP contribution in [0.15, 0.2) is 48.5 Å². The molecule has 27 heavy (non-hydrogen) atoms. The van der Waals surface area contributed by atoms with Crippen molar-refractivity contribution in [2.24, 2.45) is 0 Å². The number of imidazole rings is 1. The van der Waals surface area contributed by atoms with E-state index >= 15 is 0 Å². The molecule has 4 nitrogen and oxygen atoms in total. The zero-order valence-electron chi connectivity index (χ0n) is 15.4. The Morgan fingerprint density at radius 2 is 1.81 bits per heavy atom. The lowest BCUT2D eigenvalue weighted by molar-refractivity contribution is 0.0922. The van der Waals surface area contributed by atoms with E-state index in [1.54, 1.807) is 12.1 Å². The molecule has 0 amide bonds. The first kappa shape index (κ1) is 18.3. The van der Waals surface area contributed by atoms with Crippen molar-refractivity contribution < 1.29 is 9.84 Å². The molecule has 1 unspecified atom stereocenters. The third-order valence-corrected chi connectivity index (χ3v) is 5.56. The number of benzene rings is 2. The number of rotatable bonds is 6. The molecule has 0 bridgehead atoms. The highest BCUT2D eigenvalue weighted by Gasteiger charge is 2.23. The third-order valence-electron chi connectivity index (χ3n) is 5.30. The first-order valence-corrected chi connectivity index (χ1v) is 10.1. The van der Waals surface area contributed by atoms with E-state index in [1.807, 2.05) is 24.3 Å². The monoisotopic (exact) mass is 384 g/mol. The van der Waals surface area contributed by atoms with E-state index in [2.05, 4.69) is 16.7 Å². The van der Waals surface area contributed by atoms with Gasteiger partial charge in [0.15, 0.2) is 0 Å². The minimum Gasteiger partial charge on any atom is -0.491 e. The van der Waals surface area contributed by atoms with Gasteiger partial charge in [-0.15, -0.1) is 0 Å². The fraction of sp³-hybridized carbons (Fsp3) is 0.409. The minimum atomic E-state index is -0.611. The number of aliphatic hydroxyl groups excluding tert-OH is 1. The normalized spacial score (nSPS) is 16.5. The lowest BCUT2D eigenvalue weighted by atomic mass is 9.88. The van der Waals surface area contributed by atoms with Gasteiger partial charge in [-0.05, 0) is 49.2 Å². The maximum atomic E-state index is 10.6. The van der Waals surface area contributed by atoms with Crippen LogP contribution < -0.4 is 4.74 Å². The van der Waals surface area contributed by atoms with Gasteiger partial charge < -0.3 is 14.4 Å². The molecular weight excluding hydrogens is 360 g/mol. The van der Waals surface area contributed by atoms with Gasteiger partial charge in [0.25, 0.3) is 0 Å². The Labute approximate surface area is 164 Å². The second-order valence-corrected chi connectivity index (χ2v) is 7.76. The summed E-state index contributed by atoms with van der Waals surface area (Å²) in [5, 5.41) is 11.3. The van der Waals surface area contributed by atoms with Gasteiger partial charge in [0.2, 0.25) is 0 Å². The van der Waals surface area contributed by atoms with Gasteiger partial charge in [-0.1, -0.05) is 43.0 Å². The Kier molecular flexibility index (Phi) is 5.65. The molecule has 1 aliphatic carbocycles. The summed E-state index contributed by atoms with van der Waals surface area (Å²) in [6.07, 6.45) is 5.59. The van der Waals surface area contributed by atoms with Gasteiger partial charge in [-0.25, -0.2) is 4.98 Å². The molecule has 142 valence electrons. The average molecular weight is 385 g/mol. The van der Waals surface area contributed by atoms with Crippen molar-refractivity contribution in [3.8, 4) is 5.75 Å². The maximum absolute atomic E-state index is 10.6. The second kappa shape index (κ2) is 8.32. The molecule has 1 saturated carbocycles. The van der Waals surface area contributed by atoms with Gasteiger partial charge in [0.1, 0.15) is 24.3 Å².